The minimum absolute atomic E-state index is 0.426. The normalized spacial score (nSPS) is 18.9. The van der Waals surface area contributed by atoms with Crippen LogP contribution >= 0.6 is 11.6 Å². The summed E-state index contributed by atoms with van der Waals surface area (Å²) in [5, 5.41) is 12.6. The summed E-state index contributed by atoms with van der Waals surface area (Å²) in [6.07, 6.45) is 0. The van der Waals surface area contributed by atoms with Gasteiger partial charge in [-0.1, -0.05) is 17.7 Å². The van der Waals surface area contributed by atoms with Gasteiger partial charge in [-0.25, -0.2) is 0 Å². The maximum absolute atomic E-state index is 10.9. The molecule has 0 saturated heterocycles. The van der Waals surface area contributed by atoms with E-state index in [9.17, 15) is 4.79 Å². The van der Waals surface area contributed by atoms with E-state index in [4.69, 9.17) is 16.7 Å². The Kier molecular flexibility index (Phi) is 2.11. The van der Waals surface area contributed by atoms with Crippen molar-refractivity contribution < 1.29 is 9.90 Å². The third kappa shape index (κ3) is 1.24. The smallest absolute Gasteiger partial charge is 0.312 e. The Labute approximate surface area is 86.7 Å². The van der Waals surface area contributed by atoms with Gasteiger partial charge >= 0.3 is 5.97 Å². The van der Waals surface area contributed by atoms with Crippen molar-refractivity contribution in [2.24, 2.45) is 0 Å². The van der Waals surface area contributed by atoms with Gasteiger partial charge < -0.3 is 10.4 Å². The summed E-state index contributed by atoms with van der Waals surface area (Å²) < 4.78 is 0. The Bertz CT molecular complexity index is 403. The second kappa shape index (κ2) is 3.17. The van der Waals surface area contributed by atoms with E-state index >= 15 is 0 Å². The lowest BCUT2D eigenvalue weighted by atomic mass is 9.99. The summed E-state index contributed by atoms with van der Waals surface area (Å²) in [6.45, 7) is 2.36. The number of nitrogens with one attached hydrogen (secondary N) is 1. The maximum Gasteiger partial charge on any atom is 0.312 e. The minimum atomic E-state index is -0.830. The van der Waals surface area contributed by atoms with Crippen LogP contribution in [0, 0.1) is 6.92 Å². The first-order chi connectivity index (χ1) is 6.61. The fourth-order valence-electron chi connectivity index (χ4n) is 1.80. The molecule has 1 aliphatic rings. The Morgan fingerprint density at radius 1 is 1.64 bits per heavy atom. The van der Waals surface area contributed by atoms with E-state index in [2.05, 4.69) is 5.32 Å². The van der Waals surface area contributed by atoms with Gasteiger partial charge in [-0.2, -0.15) is 0 Å². The Morgan fingerprint density at radius 2 is 2.36 bits per heavy atom. The molecule has 0 radical (unpaired) electrons. The Balaban J connectivity index is 2.58. The third-order valence-electron chi connectivity index (χ3n) is 2.53. The average molecular weight is 212 g/mol. The van der Waals surface area contributed by atoms with Gasteiger partial charge in [-0.05, 0) is 18.6 Å². The summed E-state index contributed by atoms with van der Waals surface area (Å²) in [6, 6.07) is 3.64. The number of rotatable bonds is 1. The fourth-order valence-corrected chi connectivity index (χ4v) is 2.08. The summed E-state index contributed by atoms with van der Waals surface area (Å²) in [5.74, 6) is -1.35. The highest BCUT2D eigenvalue weighted by Crippen LogP contribution is 2.39. The quantitative estimate of drug-likeness (QED) is 0.749. The zero-order chi connectivity index (χ0) is 10.3. The predicted molar refractivity (Wildman–Crippen MR) is 55.1 cm³/mol. The zero-order valence-corrected chi connectivity index (χ0v) is 8.43. The number of anilines is 1. The molecule has 0 spiro atoms. The number of hydrogen-bond acceptors (Lipinski definition) is 2. The van der Waals surface area contributed by atoms with Crippen LogP contribution in [0.5, 0.6) is 0 Å². The Morgan fingerprint density at radius 3 is 3.00 bits per heavy atom. The predicted octanol–water partition coefficient (Wildman–Crippen LogP) is 2.24. The highest BCUT2D eigenvalue weighted by Gasteiger charge is 2.31. The van der Waals surface area contributed by atoms with Crippen molar-refractivity contribution in [3.05, 3.63) is 28.3 Å². The van der Waals surface area contributed by atoms with Gasteiger partial charge in [0.1, 0.15) is 5.92 Å². The van der Waals surface area contributed by atoms with Gasteiger partial charge in [0.2, 0.25) is 0 Å². The topological polar surface area (TPSA) is 49.3 Å². The fraction of sp³-hybridized carbons (Fsp3) is 0.300. The molecule has 0 amide bonds. The molecular weight excluding hydrogens is 202 g/mol. The number of hydrogen-bond donors (Lipinski definition) is 2. The standard InChI is InChI=1S/C10H10ClNO2/c1-5-2-3-7(11)8-6(10(13)14)4-12-9(5)8/h2-3,6,12H,4H2,1H3,(H,13,14). The van der Waals surface area contributed by atoms with Gasteiger partial charge in [0.15, 0.2) is 0 Å². The molecule has 1 atom stereocenters. The van der Waals surface area contributed by atoms with Crippen LogP contribution in [0.2, 0.25) is 5.02 Å². The van der Waals surface area contributed by atoms with Crippen LogP contribution in [0.3, 0.4) is 0 Å². The summed E-state index contributed by atoms with van der Waals surface area (Å²) in [7, 11) is 0. The van der Waals surface area contributed by atoms with Crippen molar-refractivity contribution in [2.75, 3.05) is 11.9 Å². The van der Waals surface area contributed by atoms with E-state index in [1.807, 2.05) is 13.0 Å². The molecule has 1 aromatic carbocycles. The van der Waals surface area contributed by atoms with Crippen LogP contribution in [-0.4, -0.2) is 17.6 Å². The molecule has 3 nitrogen and oxygen atoms in total. The molecule has 74 valence electrons. The molecule has 0 bridgehead atoms. The third-order valence-corrected chi connectivity index (χ3v) is 2.86. The number of benzene rings is 1. The van der Waals surface area contributed by atoms with Crippen molar-refractivity contribution in [1.82, 2.24) is 0 Å². The number of carbonyl (C=O) groups is 1. The molecule has 14 heavy (non-hydrogen) atoms. The SMILES string of the molecule is Cc1ccc(Cl)c2c1NCC2C(=O)O. The lowest BCUT2D eigenvalue weighted by Crippen LogP contribution is -2.13. The molecule has 0 saturated carbocycles. The van der Waals surface area contributed by atoms with E-state index in [-0.39, 0.29) is 0 Å². The van der Waals surface area contributed by atoms with E-state index < -0.39 is 11.9 Å². The van der Waals surface area contributed by atoms with Gasteiger partial charge in [0.25, 0.3) is 0 Å². The van der Waals surface area contributed by atoms with Crippen molar-refractivity contribution in [2.45, 2.75) is 12.8 Å². The highest BCUT2D eigenvalue weighted by molar-refractivity contribution is 6.32. The van der Waals surface area contributed by atoms with Crippen LogP contribution in [0.15, 0.2) is 12.1 Å². The molecular formula is C10H10ClNO2. The van der Waals surface area contributed by atoms with Crippen LogP contribution in [-0.2, 0) is 4.79 Å². The van der Waals surface area contributed by atoms with Crippen LogP contribution in [0.1, 0.15) is 17.0 Å². The van der Waals surface area contributed by atoms with Crippen molar-refractivity contribution >= 4 is 23.3 Å². The molecule has 0 fully saturated rings. The molecule has 2 rings (SSSR count). The van der Waals surface area contributed by atoms with Gasteiger partial charge in [0, 0.05) is 22.8 Å². The van der Waals surface area contributed by atoms with Gasteiger partial charge in [0.05, 0.1) is 0 Å². The zero-order valence-electron chi connectivity index (χ0n) is 7.67. The van der Waals surface area contributed by atoms with Crippen LogP contribution in [0.4, 0.5) is 5.69 Å². The molecule has 1 heterocycles. The van der Waals surface area contributed by atoms with E-state index in [0.29, 0.717) is 11.6 Å². The second-order valence-electron chi connectivity index (χ2n) is 3.42. The number of carboxylic acid groups (broad SMARTS) is 1. The minimum Gasteiger partial charge on any atom is -0.481 e. The van der Waals surface area contributed by atoms with Gasteiger partial charge in [-0.3, -0.25) is 4.79 Å². The lowest BCUT2D eigenvalue weighted by molar-refractivity contribution is -0.138. The van der Waals surface area contributed by atoms with E-state index in [1.165, 1.54) is 0 Å². The monoisotopic (exact) mass is 211 g/mol. The van der Waals surface area contributed by atoms with Gasteiger partial charge in [-0.15, -0.1) is 0 Å². The van der Waals surface area contributed by atoms with Crippen LogP contribution in [0.25, 0.3) is 0 Å². The first-order valence-corrected chi connectivity index (χ1v) is 4.74. The second-order valence-corrected chi connectivity index (χ2v) is 3.83. The van der Waals surface area contributed by atoms with E-state index in [1.54, 1.807) is 6.07 Å². The van der Waals surface area contributed by atoms with Crippen molar-refractivity contribution in [1.29, 1.82) is 0 Å². The summed E-state index contributed by atoms with van der Waals surface area (Å²) in [4.78, 5) is 10.9. The lowest BCUT2D eigenvalue weighted by Gasteiger charge is -2.07. The number of aryl methyl sites for hydroxylation is 1. The largest absolute Gasteiger partial charge is 0.481 e. The van der Waals surface area contributed by atoms with Crippen LogP contribution < -0.4 is 5.32 Å². The molecule has 4 heteroatoms. The van der Waals surface area contributed by atoms with E-state index in [0.717, 1.165) is 16.8 Å². The highest BCUT2D eigenvalue weighted by atomic mass is 35.5. The summed E-state index contributed by atoms with van der Waals surface area (Å²) in [5.41, 5.74) is 2.64. The molecule has 0 aliphatic carbocycles. The molecule has 1 unspecified atom stereocenters. The molecule has 1 aromatic rings. The van der Waals surface area contributed by atoms with Crippen molar-refractivity contribution in [3.8, 4) is 0 Å². The number of aliphatic carboxylic acids is 1. The molecule has 0 aromatic heterocycles. The van der Waals surface area contributed by atoms with Crippen molar-refractivity contribution in [3.63, 3.8) is 0 Å². The first kappa shape index (κ1) is 9.34. The maximum atomic E-state index is 10.9. The summed E-state index contributed by atoms with van der Waals surface area (Å²) >= 11 is 5.98. The Hall–Kier alpha value is -1.22. The number of halogens is 1. The molecule has 2 N–H and O–H groups in total. The first-order valence-electron chi connectivity index (χ1n) is 4.37. The number of fused-ring (bicyclic) bond motifs is 1. The average Bonchev–Trinajstić information content (AvgIpc) is 2.56. The molecule has 1 aliphatic heterocycles. The number of carboxylic acids is 1.